The fourth-order valence-electron chi connectivity index (χ4n) is 1.70. The molecule has 1 atom stereocenters. The maximum Gasteiger partial charge on any atom is 0.0638 e. The smallest absolute Gasteiger partial charge is 0.0638 e. The molecule has 1 fully saturated rings. The van der Waals surface area contributed by atoms with E-state index >= 15 is 0 Å². The normalized spacial score (nSPS) is 24.7. The van der Waals surface area contributed by atoms with Gasteiger partial charge in [-0.1, -0.05) is 6.08 Å². The number of nitriles is 1. The van der Waals surface area contributed by atoms with E-state index in [0.29, 0.717) is 12.5 Å². The SMILES string of the molecule is C=CCN1CCCNCC1CC#N. The zero-order valence-electron chi connectivity index (χ0n) is 8.00. The number of hydrogen-bond acceptors (Lipinski definition) is 3. The van der Waals surface area contributed by atoms with Gasteiger partial charge in [0.1, 0.15) is 0 Å². The maximum atomic E-state index is 8.67. The highest BCUT2D eigenvalue weighted by molar-refractivity contribution is 4.88. The van der Waals surface area contributed by atoms with Gasteiger partial charge in [-0.05, 0) is 13.0 Å². The van der Waals surface area contributed by atoms with E-state index in [1.807, 2.05) is 6.08 Å². The average molecular weight is 179 g/mol. The first-order valence-electron chi connectivity index (χ1n) is 4.81. The fraction of sp³-hybridized carbons (Fsp3) is 0.700. The van der Waals surface area contributed by atoms with Gasteiger partial charge in [-0.15, -0.1) is 6.58 Å². The summed E-state index contributed by atoms with van der Waals surface area (Å²) in [6.07, 6.45) is 3.69. The summed E-state index contributed by atoms with van der Waals surface area (Å²) in [5.41, 5.74) is 0. The topological polar surface area (TPSA) is 39.1 Å². The predicted octanol–water partition coefficient (Wildman–Crippen LogP) is 0.750. The molecule has 0 aliphatic carbocycles. The molecule has 1 aliphatic heterocycles. The monoisotopic (exact) mass is 179 g/mol. The molecule has 1 rings (SSSR count). The molecule has 1 aliphatic rings. The second-order valence-electron chi connectivity index (χ2n) is 3.36. The highest BCUT2D eigenvalue weighted by Gasteiger charge is 2.18. The van der Waals surface area contributed by atoms with Crippen LogP contribution in [0.15, 0.2) is 12.7 Å². The van der Waals surface area contributed by atoms with Crippen LogP contribution in [-0.4, -0.2) is 37.1 Å². The molecule has 3 heteroatoms. The first kappa shape index (κ1) is 10.2. The summed E-state index contributed by atoms with van der Waals surface area (Å²) in [5.74, 6) is 0. The summed E-state index contributed by atoms with van der Waals surface area (Å²) in [6.45, 7) is 7.70. The lowest BCUT2D eigenvalue weighted by Gasteiger charge is -2.26. The van der Waals surface area contributed by atoms with Crippen LogP contribution in [0.5, 0.6) is 0 Å². The van der Waals surface area contributed by atoms with E-state index in [4.69, 9.17) is 5.26 Å². The van der Waals surface area contributed by atoms with Crippen LogP contribution in [0.2, 0.25) is 0 Å². The first-order chi connectivity index (χ1) is 6.38. The number of hydrogen-bond donors (Lipinski definition) is 1. The summed E-state index contributed by atoms with van der Waals surface area (Å²) in [5, 5.41) is 12.0. The summed E-state index contributed by atoms with van der Waals surface area (Å²) >= 11 is 0. The van der Waals surface area contributed by atoms with Crippen LogP contribution in [0, 0.1) is 11.3 Å². The first-order valence-corrected chi connectivity index (χ1v) is 4.81. The Morgan fingerprint density at radius 1 is 1.69 bits per heavy atom. The van der Waals surface area contributed by atoms with Gasteiger partial charge in [0.25, 0.3) is 0 Å². The Balaban J connectivity index is 2.50. The third kappa shape index (κ3) is 3.17. The third-order valence-electron chi connectivity index (χ3n) is 2.39. The molecule has 0 aromatic rings. The van der Waals surface area contributed by atoms with Crippen molar-refractivity contribution in [1.29, 1.82) is 5.26 Å². The molecule has 13 heavy (non-hydrogen) atoms. The molecule has 1 saturated heterocycles. The number of nitrogens with one attached hydrogen (secondary N) is 1. The van der Waals surface area contributed by atoms with E-state index < -0.39 is 0 Å². The van der Waals surface area contributed by atoms with Gasteiger partial charge in [0.05, 0.1) is 12.5 Å². The van der Waals surface area contributed by atoms with E-state index in [1.54, 1.807) is 0 Å². The third-order valence-corrected chi connectivity index (χ3v) is 2.39. The van der Waals surface area contributed by atoms with Crippen LogP contribution in [-0.2, 0) is 0 Å². The highest BCUT2D eigenvalue weighted by Crippen LogP contribution is 2.07. The molecule has 0 spiro atoms. The van der Waals surface area contributed by atoms with Crippen molar-refractivity contribution >= 4 is 0 Å². The Hall–Kier alpha value is -0.850. The van der Waals surface area contributed by atoms with E-state index in [-0.39, 0.29) is 0 Å². The van der Waals surface area contributed by atoms with Crippen molar-refractivity contribution in [2.75, 3.05) is 26.2 Å². The van der Waals surface area contributed by atoms with Gasteiger partial charge in [0.15, 0.2) is 0 Å². The van der Waals surface area contributed by atoms with Crippen molar-refractivity contribution in [2.24, 2.45) is 0 Å². The van der Waals surface area contributed by atoms with Crippen molar-refractivity contribution in [3.05, 3.63) is 12.7 Å². The number of rotatable bonds is 3. The van der Waals surface area contributed by atoms with Crippen LogP contribution in [0.4, 0.5) is 0 Å². The lowest BCUT2D eigenvalue weighted by Crippen LogP contribution is -2.39. The standard InChI is InChI=1S/C10H17N3/c1-2-7-13-8-3-6-12-9-10(13)4-5-11/h2,10,12H,1,3-4,6-9H2. The zero-order valence-corrected chi connectivity index (χ0v) is 8.00. The van der Waals surface area contributed by atoms with E-state index in [2.05, 4.69) is 22.9 Å². The van der Waals surface area contributed by atoms with Crippen LogP contribution >= 0.6 is 0 Å². The Kier molecular flexibility index (Phi) is 4.52. The quantitative estimate of drug-likeness (QED) is 0.650. The largest absolute Gasteiger partial charge is 0.315 e. The van der Waals surface area contributed by atoms with Gasteiger partial charge in [-0.25, -0.2) is 0 Å². The molecular formula is C10H17N3. The Labute approximate surface area is 80.0 Å². The summed E-state index contributed by atoms with van der Waals surface area (Å²) in [4.78, 5) is 2.33. The molecule has 1 N–H and O–H groups in total. The van der Waals surface area contributed by atoms with E-state index in [0.717, 1.165) is 32.6 Å². The minimum Gasteiger partial charge on any atom is -0.315 e. The van der Waals surface area contributed by atoms with Gasteiger partial charge in [-0.2, -0.15) is 5.26 Å². The highest BCUT2D eigenvalue weighted by atomic mass is 15.2. The summed E-state index contributed by atoms with van der Waals surface area (Å²) < 4.78 is 0. The maximum absolute atomic E-state index is 8.67. The van der Waals surface area contributed by atoms with Crippen molar-refractivity contribution in [1.82, 2.24) is 10.2 Å². The van der Waals surface area contributed by atoms with Crippen molar-refractivity contribution in [3.8, 4) is 6.07 Å². The second-order valence-corrected chi connectivity index (χ2v) is 3.36. The van der Waals surface area contributed by atoms with Gasteiger partial charge in [0, 0.05) is 25.7 Å². The Morgan fingerprint density at radius 2 is 2.54 bits per heavy atom. The Bertz CT molecular complexity index is 195. The van der Waals surface area contributed by atoms with Crippen LogP contribution in [0.3, 0.4) is 0 Å². The van der Waals surface area contributed by atoms with Crippen molar-refractivity contribution in [2.45, 2.75) is 18.9 Å². The van der Waals surface area contributed by atoms with E-state index in [1.165, 1.54) is 0 Å². The van der Waals surface area contributed by atoms with E-state index in [9.17, 15) is 0 Å². The minimum absolute atomic E-state index is 0.366. The molecule has 72 valence electrons. The second kappa shape index (κ2) is 5.74. The molecule has 0 saturated carbocycles. The van der Waals surface area contributed by atoms with Crippen LogP contribution < -0.4 is 5.32 Å². The number of nitrogens with zero attached hydrogens (tertiary/aromatic N) is 2. The van der Waals surface area contributed by atoms with Crippen LogP contribution in [0.25, 0.3) is 0 Å². The zero-order chi connectivity index (χ0) is 9.52. The van der Waals surface area contributed by atoms with Crippen LogP contribution in [0.1, 0.15) is 12.8 Å². The molecule has 0 aromatic carbocycles. The van der Waals surface area contributed by atoms with Gasteiger partial charge >= 0.3 is 0 Å². The summed E-state index contributed by atoms with van der Waals surface area (Å²) in [6, 6.07) is 2.60. The van der Waals surface area contributed by atoms with Gasteiger partial charge < -0.3 is 5.32 Å². The van der Waals surface area contributed by atoms with Gasteiger partial charge in [0.2, 0.25) is 0 Å². The molecule has 0 aromatic heterocycles. The van der Waals surface area contributed by atoms with Crippen molar-refractivity contribution in [3.63, 3.8) is 0 Å². The molecule has 1 unspecified atom stereocenters. The lowest BCUT2D eigenvalue weighted by atomic mass is 10.2. The Morgan fingerprint density at radius 3 is 3.23 bits per heavy atom. The predicted molar refractivity (Wildman–Crippen MR) is 53.3 cm³/mol. The minimum atomic E-state index is 0.366. The molecule has 0 radical (unpaired) electrons. The molecular weight excluding hydrogens is 162 g/mol. The molecule has 3 nitrogen and oxygen atoms in total. The van der Waals surface area contributed by atoms with Crippen molar-refractivity contribution < 1.29 is 0 Å². The van der Waals surface area contributed by atoms with Gasteiger partial charge in [-0.3, -0.25) is 4.90 Å². The summed E-state index contributed by atoms with van der Waals surface area (Å²) in [7, 11) is 0. The molecule has 1 heterocycles. The molecule has 0 bridgehead atoms. The fourth-order valence-corrected chi connectivity index (χ4v) is 1.70. The lowest BCUT2D eigenvalue weighted by molar-refractivity contribution is 0.234. The molecule has 0 amide bonds. The average Bonchev–Trinajstić information content (AvgIpc) is 2.33.